The molecule has 0 amide bonds. The standard InChI is InChI=1S/C25H25IN2O/c1-13(8-15(3)29)17-9-14(2)28-12-20-19-7-5-6-18-16(4)21(26)11-22(24(18)19)27-25(20)23(28)10-17/h9-11,13,29H,2-3,5-8,12H2,1,4H3/t13-/m1/s1. The number of aliphatic hydroxyl groups is 1. The molecule has 1 aliphatic carbocycles. The van der Waals surface area contributed by atoms with Crippen LogP contribution in [0.3, 0.4) is 0 Å². The Morgan fingerprint density at radius 3 is 2.79 bits per heavy atom. The first-order valence-electron chi connectivity index (χ1n) is 10.3. The van der Waals surface area contributed by atoms with Gasteiger partial charge in [-0.25, -0.2) is 4.98 Å². The number of allylic oxidation sites excluding steroid dienone is 4. The first-order chi connectivity index (χ1) is 13.8. The second-order valence-electron chi connectivity index (χ2n) is 8.55. The summed E-state index contributed by atoms with van der Waals surface area (Å²) in [5.74, 6) is 0.416. The highest BCUT2D eigenvalue weighted by Crippen LogP contribution is 2.45. The van der Waals surface area contributed by atoms with Crippen LogP contribution in [0.15, 0.2) is 48.4 Å². The second kappa shape index (κ2) is 6.73. The Bertz CT molecular complexity index is 1170. The molecule has 0 bridgehead atoms. The lowest BCUT2D eigenvalue weighted by Crippen LogP contribution is -2.18. The normalized spacial score (nSPS) is 18.3. The highest BCUT2D eigenvalue weighted by molar-refractivity contribution is 14.1. The number of pyridine rings is 1. The molecule has 1 aromatic carbocycles. The predicted molar refractivity (Wildman–Crippen MR) is 128 cm³/mol. The van der Waals surface area contributed by atoms with Crippen LogP contribution in [0, 0.1) is 16.4 Å². The Hall–Kier alpha value is -2.08. The van der Waals surface area contributed by atoms with Crippen LogP contribution in [-0.2, 0) is 19.4 Å². The van der Waals surface area contributed by atoms with Crippen molar-refractivity contribution in [3.05, 3.63) is 79.9 Å². The summed E-state index contributed by atoms with van der Waals surface area (Å²) >= 11 is 2.45. The maximum atomic E-state index is 9.64. The van der Waals surface area contributed by atoms with Gasteiger partial charge in [-0.15, -0.1) is 0 Å². The van der Waals surface area contributed by atoms with Gasteiger partial charge in [0.15, 0.2) is 0 Å². The second-order valence-corrected chi connectivity index (χ2v) is 9.71. The van der Waals surface area contributed by atoms with E-state index in [2.05, 4.69) is 72.7 Å². The fraction of sp³-hybridized carbons (Fsp3) is 0.320. The number of aliphatic hydroxyl groups excluding tert-OH is 1. The molecule has 0 fully saturated rings. The number of aromatic nitrogens is 1. The van der Waals surface area contributed by atoms with Crippen LogP contribution in [0.1, 0.15) is 47.7 Å². The first-order valence-corrected chi connectivity index (χ1v) is 11.3. The zero-order chi connectivity index (χ0) is 20.4. The van der Waals surface area contributed by atoms with Crippen LogP contribution in [0.4, 0.5) is 0 Å². The molecule has 0 unspecified atom stereocenters. The Morgan fingerprint density at radius 2 is 2.03 bits per heavy atom. The number of benzene rings is 1. The Labute approximate surface area is 185 Å². The number of aryl methyl sites for hydroxylation is 2. The maximum Gasteiger partial charge on any atom is 0.0927 e. The van der Waals surface area contributed by atoms with Gasteiger partial charge in [-0.3, -0.25) is 0 Å². The summed E-state index contributed by atoms with van der Waals surface area (Å²) in [4.78, 5) is 7.48. The minimum atomic E-state index is 0.192. The molecule has 3 heterocycles. The maximum absolute atomic E-state index is 9.64. The molecule has 5 rings (SSSR count). The lowest BCUT2D eigenvalue weighted by Gasteiger charge is -2.27. The summed E-state index contributed by atoms with van der Waals surface area (Å²) in [6.07, 6.45) is 8.43. The van der Waals surface area contributed by atoms with Crippen LogP contribution in [0.5, 0.6) is 0 Å². The molecule has 4 heteroatoms. The van der Waals surface area contributed by atoms with E-state index in [-0.39, 0.29) is 11.7 Å². The summed E-state index contributed by atoms with van der Waals surface area (Å²) in [5, 5.41) is 11.0. The van der Waals surface area contributed by atoms with Crippen molar-refractivity contribution in [1.29, 1.82) is 0 Å². The lowest BCUT2D eigenvalue weighted by atomic mass is 9.85. The van der Waals surface area contributed by atoms with Crippen molar-refractivity contribution in [2.24, 2.45) is 5.92 Å². The zero-order valence-electron chi connectivity index (χ0n) is 17.0. The Kier molecular flexibility index (Phi) is 4.39. The highest BCUT2D eigenvalue weighted by Gasteiger charge is 2.34. The fourth-order valence-electron chi connectivity index (χ4n) is 5.11. The van der Waals surface area contributed by atoms with Crippen LogP contribution in [0.25, 0.3) is 16.6 Å². The van der Waals surface area contributed by atoms with Crippen LogP contribution in [0.2, 0.25) is 0 Å². The van der Waals surface area contributed by atoms with E-state index in [9.17, 15) is 5.11 Å². The molecule has 0 saturated carbocycles. The number of nitrogens with zero attached hydrogens (tertiary/aromatic N) is 2. The monoisotopic (exact) mass is 496 g/mol. The predicted octanol–water partition coefficient (Wildman–Crippen LogP) is 6.34. The molecule has 0 saturated heterocycles. The molecule has 3 nitrogen and oxygen atoms in total. The van der Waals surface area contributed by atoms with Gasteiger partial charge in [0.25, 0.3) is 0 Å². The molecule has 1 N–H and O–H groups in total. The molecule has 1 aromatic heterocycles. The van der Waals surface area contributed by atoms with E-state index >= 15 is 0 Å². The summed E-state index contributed by atoms with van der Waals surface area (Å²) in [5.41, 5.74) is 11.4. The van der Waals surface area contributed by atoms with E-state index in [0.717, 1.165) is 42.0 Å². The van der Waals surface area contributed by atoms with E-state index in [0.29, 0.717) is 6.42 Å². The largest absolute Gasteiger partial charge is 0.513 e. The summed E-state index contributed by atoms with van der Waals surface area (Å²) in [6.45, 7) is 13.2. The minimum absolute atomic E-state index is 0.192. The van der Waals surface area contributed by atoms with Gasteiger partial charge in [0.2, 0.25) is 0 Å². The molecule has 3 aliphatic rings. The van der Waals surface area contributed by atoms with E-state index < -0.39 is 0 Å². The average Bonchev–Trinajstić information content (AvgIpc) is 3.05. The Morgan fingerprint density at radius 1 is 1.28 bits per heavy atom. The van der Waals surface area contributed by atoms with Crippen molar-refractivity contribution in [3.8, 4) is 0 Å². The van der Waals surface area contributed by atoms with Crippen molar-refractivity contribution >= 4 is 39.2 Å². The van der Waals surface area contributed by atoms with Gasteiger partial charge in [0, 0.05) is 26.6 Å². The van der Waals surface area contributed by atoms with Crippen molar-refractivity contribution < 1.29 is 5.11 Å². The summed E-state index contributed by atoms with van der Waals surface area (Å²) in [7, 11) is 0. The van der Waals surface area contributed by atoms with Crippen LogP contribution >= 0.6 is 22.6 Å². The highest BCUT2D eigenvalue weighted by atomic mass is 127. The number of rotatable bonds is 3. The SMILES string of the molecule is C=C(O)C[C@@H](C)C1=CC(=C)N2Cc3c(nc4cc(I)c(C)c5c4c3CCC5)C2=C1. The lowest BCUT2D eigenvalue weighted by molar-refractivity contribution is 0.372. The quantitative estimate of drug-likeness (QED) is 0.398. The molecule has 29 heavy (non-hydrogen) atoms. The molecular weight excluding hydrogens is 471 g/mol. The topological polar surface area (TPSA) is 36.4 Å². The van der Waals surface area contributed by atoms with Gasteiger partial charge in [0.05, 0.1) is 29.2 Å². The van der Waals surface area contributed by atoms with Crippen molar-refractivity contribution in [2.75, 3.05) is 0 Å². The minimum Gasteiger partial charge on any atom is -0.513 e. The number of hydrogen-bond donors (Lipinski definition) is 1. The molecule has 148 valence electrons. The van der Waals surface area contributed by atoms with E-state index in [1.807, 2.05) is 0 Å². The molecule has 2 aromatic rings. The summed E-state index contributed by atoms with van der Waals surface area (Å²) in [6, 6.07) is 2.25. The average molecular weight is 496 g/mol. The van der Waals surface area contributed by atoms with Gasteiger partial charge >= 0.3 is 0 Å². The number of fused-ring (bicyclic) bond motifs is 4. The first kappa shape index (κ1) is 18.9. The molecular formula is C25H25IN2O. The van der Waals surface area contributed by atoms with Crippen molar-refractivity contribution in [2.45, 2.75) is 46.1 Å². The molecule has 2 aliphatic heterocycles. The van der Waals surface area contributed by atoms with E-state index in [4.69, 9.17) is 4.98 Å². The van der Waals surface area contributed by atoms with Crippen LogP contribution in [-0.4, -0.2) is 15.0 Å². The van der Waals surface area contributed by atoms with E-state index in [1.165, 1.54) is 43.2 Å². The fourth-order valence-corrected chi connectivity index (χ4v) is 5.73. The smallest absolute Gasteiger partial charge is 0.0927 e. The van der Waals surface area contributed by atoms with Crippen molar-refractivity contribution in [1.82, 2.24) is 9.88 Å². The zero-order valence-corrected chi connectivity index (χ0v) is 19.1. The molecule has 0 spiro atoms. The van der Waals surface area contributed by atoms with Gasteiger partial charge < -0.3 is 10.0 Å². The third kappa shape index (κ3) is 2.87. The molecule has 0 radical (unpaired) electrons. The van der Waals surface area contributed by atoms with E-state index in [1.54, 1.807) is 0 Å². The third-order valence-electron chi connectivity index (χ3n) is 6.61. The Balaban J connectivity index is 1.70. The van der Waals surface area contributed by atoms with Crippen LogP contribution < -0.4 is 0 Å². The number of halogens is 1. The van der Waals surface area contributed by atoms with Crippen molar-refractivity contribution in [3.63, 3.8) is 0 Å². The third-order valence-corrected chi connectivity index (χ3v) is 7.73. The van der Waals surface area contributed by atoms with Gasteiger partial charge in [0.1, 0.15) is 0 Å². The summed E-state index contributed by atoms with van der Waals surface area (Å²) < 4.78 is 1.30. The number of hydrogen-bond acceptors (Lipinski definition) is 3. The van der Waals surface area contributed by atoms with Gasteiger partial charge in [-0.2, -0.15) is 0 Å². The van der Waals surface area contributed by atoms with Gasteiger partial charge in [-0.05, 0) is 95.2 Å². The van der Waals surface area contributed by atoms with Gasteiger partial charge in [-0.1, -0.05) is 20.1 Å². The molecule has 1 atom stereocenters.